The first kappa shape index (κ1) is 11.7. The molecule has 5 heteroatoms. The van der Waals surface area contributed by atoms with Gasteiger partial charge in [0.1, 0.15) is 17.8 Å². The van der Waals surface area contributed by atoms with Crippen LogP contribution >= 0.6 is 0 Å². The van der Waals surface area contributed by atoms with E-state index in [1.807, 2.05) is 4.90 Å². The van der Waals surface area contributed by atoms with Crippen LogP contribution in [0.3, 0.4) is 0 Å². The van der Waals surface area contributed by atoms with Crippen molar-refractivity contribution in [2.75, 3.05) is 18.0 Å². The van der Waals surface area contributed by atoms with Gasteiger partial charge in [-0.2, -0.15) is 0 Å². The zero-order valence-electron chi connectivity index (χ0n) is 9.30. The summed E-state index contributed by atoms with van der Waals surface area (Å²) < 4.78 is 13.0. The van der Waals surface area contributed by atoms with Crippen LogP contribution < -0.4 is 4.90 Å². The predicted octanol–water partition coefficient (Wildman–Crippen LogP) is 2.64. The summed E-state index contributed by atoms with van der Waals surface area (Å²) in [5, 5.41) is 2.84. The Morgan fingerprint density at radius 3 is 2.65 bits per heavy atom. The maximum atomic E-state index is 13.0. The molecule has 1 saturated heterocycles. The van der Waals surface area contributed by atoms with E-state index in [1.165, 1.54) is 6.07 Å². The molecular weight excluding hydrogens is 223 g/mol. The average molecular weight is 236 g/mol. The molecule has 1 aromatic carbocycles. The van der Waals surface area contributed by atoms with Crippen molar-refractivity contribution in [3.63, 3.8) is 0 Å². The van der Waals surface area contributed by atoms with E-state index in [2.05, 4.69) is 5.18 Å². The maximum absolute atomic E-state index is 13.0. The van der Waals surface area contributed by atoms with E-state index in [0.717, 1.165) is 25.2 Å². The van der Waals surface area contributed by atoms with Crippen molar-refractivity contribution in [2.45, 2.75) is 12.8 Å². The van der Waals surface area contributed by atoms with Crippen molar-refractivity contribution >= 4 is 17.7 Å². The number of nitrogens with zero attached hydrogens (tertiary/aromatic N) is 2. The summed E-state index contributed by atoms with van der Waals surface area (Å²) in [4.78, 5) is 23.2. The Labute approximate surface area is 98.4 Å². The Morgan fingerprint density at radius 1 is 1.35 bits per heavy atom. The molecule has 0 saturated carbocycles. The SMILES string of the molecule is O=CC1CCN(c2ccc(F)cc2N=O)CC1. The van der Waals surface area contributed by atoms with Crippen molar-refractivity contribution in [3.8, 4) is 0 Å². The van der Waals surface area contributed by atoms with Gasteiger partial charge < -0.3 is 9.69 Å². The lowest BCUT2D eigenvalue weighted by Crippen LogP contribution is -2.34. The maximum Gasteiger partial charge on any atom is 0.134 e. The van der Waals surface area contributed by atoms with Gasteiger partial charge in [-0.3, -0.25) is 0 Å². The zero-order valence-corrected chi connectivity index (χ0v) is 9.30. The lowest BCUT2D eigenvalue weighted by atomic mass is 9.98. The van der Waals surface area contributed by atoms with E-state index in [0.29, 0.717) is 18.8 Å². The predicted molar refractivity (Wildman–Crippen MR) is 62.9 cm³/mol. The molecule has 1 heterocycles. The number of rotatable bonds is 3. The number of nitroso groups, excluding NO2 is 1. The first-order chi connectivity index (χ1) is 8.24. The molecule has 0 aliphatic carbocycles. The van der Waals surface area contributed by atoms with Crippen LogP contribution in [0.1, 0.15) is 12.8 Å². The molecule has 0 unspecified atom stereocenters. The molecule has 0 bridgehead atoms. The van der Waals surface area contributed by atoms with E-state index < -0.39 is 5.82 Å². The Balaban J connectivity index is 2.18. The lowest BCUT2D eigenvalue weighted by Gasteiger charge is -2.31. The summed E-state index contributed by atoms with van der Waals surface area (Å²) >= 11 is 0. The summed E-state index contributed by atoms with van der Waals surface area (Å²) in [6.07, 6.45) is 2.50. The van der Waals surface area contributed by atoms with Crippen LogP contribution in [0.2, 0.25) is 0 Å². The number of carbonyl (C=O) groups is 1. The quantitative estimate of drug-likeness (QED) is 0.598. The van der Waals surface area contributed by atoms with Crippen molar-refractivity contribution in [1.29, 1.82) is 0 Å². The van der Waals surface area contributed by atoms with Gasteiger partial charge in [-0.15, -0.1) is 4.91 Å². The monoisotopic (exact) mass is 236 g/mol. The topological polar surface area (TPSA) is 49.7 Å². The standard InChI is InChI=1S/C12H13FN2O2/c13-10-1-2-12(11(7-10)14-17)15-5-3-9(8-16)4-6-15/h1-2,7-9H,3-6H2. The number of anilines is 1. The second-order valence-corrected chi connectivity index (χ2v) is 4.18. The number of benzene rings is 1. The van der Waals surface area contributed by atoms with Crippen molar-refractivity contribution < 1.29 is 9.18 Å². The highest BCUT2D eigenvalue weighted by Gasteiger charge is 2.21. The highest BCUT2D eigenvalue weighted by molar-refractivity contribution is 5.67. The van der Waals surface area contributed by atoms with Gasteiger partial charge in [-0.25, -0.2) is 4.39 Å². The van der Waals surface area contributed by atoms with E-state index in [4.69, 9.17) is 0 Å². The smallest absolute Gasteiger partial charge is 0.134 e. The van der Waals surface area contributed by atoms with E-state index in [9.17, 15) is 14.1 Å². The minimum atomic E-state index is -0.467. The van der Waals surface area contributed by atoms with Crippen LogP contribution in [-0.4, -0.2) is 19.4 Å². The Kier molecular flexibility index (Phi) is 3.46. The largest absolute Gasteiger partial charge is 0.370 e. The Bertz CT molecular complexity index is 429. The third-order valence-electron chi connectivity index (χ3n) is 3.11. The molecule has 0 aromatic heterocycles. The molecule has 2 rings (SSSR count). The molecule has 0 amide bonds. The third kappa shape index (κ3) is 2.49. The van der Waals surface area contributed by atoms with Gasteiger partial charge in [0.05, 0.1) is 5.69 Å². The third-order valence-corrected chi connectivity index (χ3v) is 3.11. The summed E-state index contributed by atoms with van der Waals surface area (Å²) in [5.74, 6) is -0.370. The molecule has 0 N–H and O–H groups in total. The molecule has 1 fully saturated rings. The van der Waals surface area contributed by atoms with Crippen LogP contribution in [0.15, 0.2) is 23.4 Å². The second kappa shape index (κ2) is 5.03. The molecule has 17 heavy (non-hydrogen) atoms. The normalized spacial score (nSPS) is 16.9. The molecule has 0 radical (unpaired) electrons. The second-order valence-electron chi connectivity index (χ2n) is 4.18. The molecule has 1 aliphatic heterocycles. The molecule has 90 valence electrons. The summed E-state index contributed by atoms with van der Waals surface area (Å²) in [5.41, 5.74) is 0.764. The lowest BCUT2D eigenvalue weighted by molar-refractivity contribution is -0.111. The summed E-state index contributed by atoms with van der Waals surface area (Å²) in [7, 11) is 0. The fourth-order valence-corrected chi connectivity index (χ4v) is 2.11. The molecular formula is C12H13FN2O2. The average Bonchev–Trinajstić information content (AvgIpc) is 2.39. The number of hydrogen-bond acceptors (Lipinski definition) is 4. The number of piperidine rings is 1. The molecule has 1 aromatic rings. The molecule has 0 atom stereocenters. The Hall–Kier alpha value is -1.78. The highest BCUT2D eigenvalue weighted by Crippen LogP contribution is 2.31. The van der Waals surface area contributed by atoms with Gasteiger partial charge >= 0.3 is 0 Å². The Morgan fingerprint density at radius 2 is 2.06 bits per heavy atom. The minimum Gasteiger partial charge on any atom is -0.370 e. The van der Waals surface area contributed by atoms with E-state index in [1.54, 1.807) is 6.07 Å². The number of carbonyl (C=O) groups excluding carboxylic acids is 1. The van der Waals surface area contributed by atoms with Crippen molar-refractivity contribution in [3.05, 3.63) is 28.9 Å². The van der Waals surface area contributed by atoms with Crippen LogP contribution in [0, 0.1) is 16.6 Å². The summed E-state index contributed by atoms with van der Waals surface area (Å²) in [6.45, 7) is 1.38. The molecule has 1 aliphatic rings. The molecule has 4 nitrogen and oxygen atoms in total. The van der Waals surface area contributed by atoms with Gasteiger partial charge in [0, 0.05) is 25.1 Å². The van der Waals surface area contributed by atoms with Gasteiger partial charge in [0.15, 0.2) is 0 Å². The number of aldehydes is 1. The minimum absolute atomic E-state index is 0.0966. The van der Waals surface area contributed by atoms with Crippen LogP contribution in [0.25, 0.3) is 0 Å². The molecule has 0 spiro atoms. The van der Waals surface area contributed by atoms with Gasteiger partial charge in [-0.05, 0) is 30.2 Å². The first-order valence-electron chi connectivity index (χ1n) is 5.57. The van der Waals surface area contributed by atoms with Crippen LogP contribution in [-0.2, 0) is 4.79 Å². The van der Waals surface area contributed by atoms with Gasteiger partial charge in [-0.1, -0.05) is 0 Å². The summed E-state index contributed by atoms with van der Waals surface area (Å²) in [6, 6.07) is 4.01. The van der Waals surface area contributed by atoms with E-state index >= 15 is 0 Å². The van der Waals surface area contributed by atoms with Gasteiger partial charge in [0.25, 0.3) is 0 Å². The van der Waals surface area contributed by atoms with Gasteiger partial charge in [0.2, 0.25) is 0 Å². The number of hydrogen-bond donors (Lipinski definition) is 0. The van der Waals surface area contributed by atoms with Crippen molar-refractivity contribution in [2.24, 2.45) is 11.1 Å². The highest BCUT2D eigenvalue weighted by atomic mass is 19.1. The van der Waals surface area contributed by atoms with E-state index in [-0.39, 0.29) is 11.6 Å². The fourth-order valence-electron chi connectivity index (χ4n) is 2.11. The van der Waals surface area contributed by atoms with Crippen LogP contribution in [0.5, 0.6) is 0 Å². The first-order valence-corrected chi connectivity index (χ1v) is 5.57. The number of halogens is 1. The fraction of sp³-hybridized carbons (Fsp3) is 0.417. The zero-order chi connectivity index (χ0) is 12.3. The van der Waals surface area contributed by atoms with Crippen LogP contribution in [0.4, 0.5) is 15.8 Å². The van der Waals surface area contributed by atoms with Crippen molar-refractivity contribution in [1.82, 2.24) is 0 Å².